The predicted octanol–water partition coefficient (Wildman–Crippen LogP) is 3.41. The molecule has 2 N–H and O–H groups in total. The third kappa shape index (κ3) is 1.73. The first-order valence-electron chi connectivity index (χ1n) is 5.61. The largest absolute Gasteiger partial charge is 0.326 e. The molecule has 0 aliphatic rings. The van der Waals surface area contributed by atoms with Crippen LogP contribution < -0.4 is 5.73 Å². The molecule has 0 aliphatic carbocycles. The summed E-state index contributed by atoms with van der Waals surface area (Å²) in [6.45, 7) is 0.499. The summed E-state index contributed by atoms with van der Waals surface area (Å²) in [6.07, 6.45) is 0. The molecule has 0 aliphatic heterocycles. The highest BCUT2D eigenvalue weighted by Crippen LogP contribution is 2.32. The Bertz CT molecular complexity index is 714. The molecular weight excluding hydrogens is 266 g/mol. The van der Waals surface area contributed by atoms with E-state index in [-0.39, 0.29) is 0 Å². The van der Waals surface area contributed by atoms with Crippen molar-refractivity contribution in [3.05, 3.63) is 40.2 Å². The van der Waals surface area contributed by atoms with Gasteiger partial charge < -0.3 is 10.3 Å². The fourth-order valence-electron chi connectivity index (χ4n) is 2.09. The highest BCUT2D eigenvalue weighted by atomic mass is 35.5. The number of imidazole rings is 1. The molecule has 5 heteroatoms. The van der Waals surface area contributed by atoms with E-state index in [1.54, 1.807) is 0 Å². The van der Waals surface area contributed by atoms with Crippen molar-refractivity contribution in [2.45, 2.75) is 6.54 Å². The smallest absolute Gasteiger partial charge is 0.151 e. The van der Waals surface area contributed by atoms with Gasteiger partial charge in [-0.15, -0.1) is 11.3 Å². The van der Waals surface area contributed by atoms with E-state index >= 15 is 0 Å². The average Bonchev–Trinajstić information content (AvgIpc) is 2.94. The Morgan fingerprint density at radius 3 is 2.83 bits per heavy atom. The van der Waals surface area contributed by atoms with E-state index in [1.165, 1.54) is 11.3 Å². The Labute approximate surface area is 114 Å². The number of benzene rings is 1. The maximum atomic E-state index is 5.98. The first-order chi connectivity index (χ1) is 8.70. The number of fused-ring (bicyclic) bond motifs is 1. The fourth-order valence-corrected chi connectivity index (χ4v) is 3.16. The summed E-state index contributed by atoms with van der Waals surface area (Å²) in [6, 6.07) is 9.97. The molecule has 0 saturated carbocycles. The minimum Gasteiger partial charge on any atom is -0.326 e. The number of thiophene rings is 1. The normalized spacial score (nSPS) is 11.3. The van der Waals surface area contributed by atoms with Gasteiger partial charge >= 0.3 is 0 Å². The van der Waals surface area contributed by atoms with Crippen LogP contribution in [0.2, 0.25) is 4.34 Å². The molecule has 0 fully saturated rings. The van der Waals surface area contributed by atoms with Crippen LogP contribution in [0.5, 0.6) is 0 Å². The van der Waals surface area contributed by atoms with Crippen LogP contribution in [0.25, 0.3) is 21.7 Å². The van der Waals surface area contributed by atoms with Gasteiger partial charge in [-0.25, -0.2) is 4.98 Å². The highest BCUT2D eigenvalue weighted by molar-refractivity contribution is 7.19. The van der Waals surface area contributed by atoms with Crippen molar-refractivity contribution < 1.29 is 0 Å². The number of rotatable bonds is 2. The predicted molar refractivity (Wildman–Crippen MR) is 76.9 cm³/mol. The van der Waals surface area contributed by atoms with Crippen molar-refractivity contribution >= 4 is 34.0 Å². The molecule has 18 heavy (non-hydrogen) atoms. The third-order valence-electron chi connectivity index (χ3n) is 3.01. The average molecular weight is 278 g/mol. The molecule has 0 unspecified atom stereocenters. The van der Waals surface area contributed by atoms with Gasteiger partial charge in [0.05, 0.1) is 20.2 Å². The highest BCUT2D eigenvalue weighted by Gasteiger charge is 2.13. The molecule has 2 aromatic heterocycles. The van der Waals surface area contributed by atoms with Gasteiger partial charge in [-0.3, -0.25) is 0 Å². The van der Waals surface area contributed by atoms with Gasteiger partial charge in [0, 0.05) is 13.6 Å². The molecule has 3 nitrogen and oxygen atoms in total. The summed E-state index contributed by atoms with van der Waals surface area (Å²) in [5, 5.41) is 0. The van der Waals surface area contributed by atoms with E-state index in [9.17, 15) is 0 Å². The number of para-hydroxylation sites is 1. The van der Waals surface area contributed by atoms with Gasteiger partial charge in [0.15, 0.2) is 5.82 Å². The van der Waals surface area contributed by atoms with E-state index in [0.717, 1.165) is 31.6 Å². The summed E-state index contributed by atoms with van der Waals surface area (Å²) in [5.74, 6) is 0.933. The molecular formula is C13H12ClN3S. The van der Waals surface area contributed by atoms with Crippen molar-refractivity contribution in [1.82, 2.24) is 9.55 Å². The number of nitrogens with zero attached hydrogens (tertiary/aromatic N) is 2. The Morgan fingerprint density at radius 2 is 2.17 bits per heavy atom. The van der Waals surface area contributed by atoms with Crippen LogP contribution in [0, 0.1) is 0 Å². The van der Waals surface area contributed by atoms with Crippen LogP contribution in [0.4, 0.5) is 0 Å². The zero-order valence-corrected chi connectivity index (χ0v) is 11.4. The second-order valence-corrected chi connectivity index (χ2v) is 5.80. The Morgan fingerprint density at radius 1 is 1.33 bits per heavy atom. The summed E-state index contributed by atoms with van der Waals surface area (Å²) in [5.41, 5.74) is 8.89. The molecule has 0 radical (unpaired) electrons. The number of aryl methyl sites for hydroxylation is 1. The molecule has 0 amide bonds. The van der Waals surface area contributed by atoms with Gasteiger partial charge in [0.1, 0.15) is 0 Å². The van der Waals surface area contributed by atoms with Crippen LogP contribution in [0.1, 0.15) is 5.56 Å². The van der Waals surface area contributed by atoms with Crippen molar-refractivity contribution in [3.63, 3.8) is 0 Å². The van der Waals surface area contributed by atoms with E-state index in [2.05, 4.69) is 10.6 Å². The fraction of sp³-hybridized carbons (Fsp3) is 0.154. The SMILES string of the molecule is Cn1c(-c2ccc(Cl)s2)nc2c(CN)cccc21. The second-order valence-electron chi connectivity index (χ2n) is 4.09. The lowest BCUT2D eigenvalue weighted by Gasteiger charge is -1.99. The van der Waals surface area contributed by atoms with E-state index < -0.39 is 0 Å². The molecule has 3 rings (SSSR count). The van der Waals surface area contributed by atoms with Crippen molar-refractivity contribution in [2.75, 3.05) is 0 Å². The zero-order chi connectivity index (χ0) is 12.7. The minimum absolute atomic E-state index is 0.499. The van der Waals surface area contributed by atoms with Crippen LogP contribution in [0.15, 0.2) is 30.3 Å². The van der Waals surface area contributed by atoms with Crippen molar-refractivity contribution in [1.29, 1.82) is 0 Å². The minimum atomic E-state index is 0.499. The quantitative estimate of drug-likeness (QED) is 0.780. The van der Waals surface area contributed by atoms with Crippen molar-refractivity contribution in [2.24, 2.45) is 12.8 Å². The molecule has 0 saturated heterocycles. The third-order valence-corrected chi connectivity index (χ3v) is 4.24. The Balaban J connectivity index is 2.28. The molecule has 3 aromatic rings. The topological polar surface area (TPSA) is 43.8 Å². The second kappa shape index (κ2) is 4.39. The maximum Gasteiger partial charge on any atom is 0.151 e. The summed E-state index contributed by atoms with van der Waals surface area (Å²) in [4.78, 5) is 5.77. The van der Waals surface area contributed by atoms with Gasteiger partial charge in [0.2, 0.25) is 0 Å². The van der Waals surface area contributed by atoms with Gasteiger partial charge in [-0.2, -0.15) is 0 Å². The van der Waals surface area contributed by atoms with Crippen LogP contribution in [0.3, 0.4) is 0 Å². The van der Waals surface area contributed by atoms with Crippen LogP contribution in [-0.4, -0.2) is 9.55 Å². The summed E-state index contributed by atoms with van der Waals surface area (Å²) < 4.78 is 2.85. The van der Waals surface area contributed by atoms with Crippen LogP contribution in [-0.2, 0) is 13.6 Å². The lowest BCUT2D eigenvalue weighted by Crippen LogP contribution is -1.97. The van der Waals surface area contributed by atoms with E-state index in [0.29, 0.717) is 6.54 Å². The number of halogens is 1. The molecule has 0 spiro atoms. The summed E-state index contributed by atoms with van der Waals surface area (Å²) >= 11 is 7.52. The molecule has 1 aromatic carbocycles. The maximum absolute atomic E-state index is 5.98. The lowest BCUT2D eigenvalue weighted by atomic mass is 10.2. The molecule has 0 bridgehead atoms. The van der Waals surface area contributed by atoms with E-state index in [1.807, 2.05) is 31.3 Å². The number of hydrogen-bond acceptors (Lipinski definition) is 3. The molecule has 92 valence electrons. The monoisotopic (exact) mass is 277 g/mol. The van der Waals surface area contributed by atoms with Gasteiger partial charge in [-0.05, 0) is 23.8 Å². The number of nitrogens with two attached hydrogens (primary N) is 1. The lowest BCUT2D eigenvalue weighted by molar-refractivity contribution is 0.963. The zero-order valence-electron chi connectivity index (χ0n) is 9.85. The first-order valence-corrected chi connectivity index (χ1v) is 6.80. The van der Waals surface area contributed by atoms with Crippen LogP contribution >= 0.6 is 22.9 Å². The first kappa shape index (κ1) is 11.7. The Hall–Kier alpha value is -1.36. The Kier molecular flexibility index (Phi) is 2.86. The molecule has 0 atom stereocenters. The van der Waals surface area contributed by atoms with Gasteiger partial charge in [-0.1, -0.05) is 23.7 Å². The summed E-state index contributed by atoms with van der Waals surface area (Å²) in [7, 11) is 2.01. The standard InChI is InChI=1S/C13H12ClN3S/c1-17-9-4-2-3-8(7-15)12(9)16-13(17)10-5-6-11(14)18-10/h2-6H,7,15H2,1H3. The van der Waals surface area contributed by atoms with Gasteiger partial charge in [0.25, 0.3) is 0 Å². The number of hydrogen-bond donors (Lipinski definition) is 1. The number of aromatic nitrogens is 2. The molecule has 2 heterocycles. The van der Waals surface area contributed by atoms with Crippen molar-refractivity contribution in [3.8, 4) is 10.7 Å². The van der Waals surface area contributed by atoms with E-state index in [4.69, 9.17) is 22.3 Å².